The number of amidine groups is 1. The van der Waals surface area contributed by atoms with Gasteiger partial charge in [0, 0.05) is 53.1 Å². The number of fused-ring (bicyclic) bond motifs is 1. The molecule has 1 amide bonds. The second-order valence-corrected chi connectivity index (χ2v) is 8.70. The van der Waals surface area contributed by atoms with E-state index in [1.807, 2.05) is 73.2 Å². The molecule has 3 aromatic rings. The van der Waals surface area contributed by atoms with Crippen molar-refractivity contribution in [2.24, 2.45) is 4.99 Å². The van der Waals surface area contributed by atoms with E-state index in [2.05, 4.69) is 32.7 Å². The van der Waals surface area contributed by atoms with Gasteiger partial charge in [-0.2, -0.15) is 0 Å². The molecule has 0 radical (unpaired) electrons. The van der Waals surface area contributed by atoms with Crippen LogP contribution in [0.25, 0.3) is 0 Å². The summed E-state index contributed by atoms with van der Waals surface area (Å²) in [6.45, 7) is 2.95. The van der Waals surface area contributed by atoms with Gasteiger partial charge in [0.1, 0.15) is 5.84 Å². The number of hydrogen-bond donors (Lipinski definition) is 2. The Balaban J connectivity index is 1.59. The van der Waals surface area contributed by atoms with E-state index in [9.17, 15) is 4.79 Å². The summed E-state index contributed by atoms with van der Waals surface area (Å²) in [7, 11) is 0. The van der Waals surface area contributed by atoms with Gasteiger partial charge in [0.25, 0.3) is 5.91 Å². The number of benzene rings is 1. The predicted octanol–water partition coefficient (Wildman–Crippen LogP) is 5.17. The van der Waals surface area contributed by atoms with E-state index in [1.54, 1.807) is 30.4 Å². The molecule has 1 aliphatic rings. The van der Waals surface area contributed by atoms with Crippen molar-refractivity contribution in [2.75, 3.05) is 0 Å². The highest BCUT2D eigenvalue weighted by atomic mass is 32.2. The van der Waals surface area contributed by atoms with Crippen molar-refractivity contribution in [3.8, 4) is 0 Å². The van der Waals surface area contributed by atoms with Crippen molar-refractivity contribution >= 4 is 23.5 Å². The maximum absolute atomic E-state index is 13.0. The number of aliphatic imine (C=N–C) groups is 1. The maximum atomic E-state index is 13.0. The fourth-order valence-electron chi connectivity index (χ4n) is 3.37. The number of carbonyl (C=O) groups is 1. The van der Waals surface area contributed by atoms with Gasteiger partial charge in [0.05, 0.1) is 6.54 Å². The lowest BCUT2D eigenvalue weighted by atomic mass is 10.1. The molecule has 4 rings (SSSR count). The third-order valence-corrected chi connectivity index (χ3v) is 6.12. The lowest BCUT2D eigenvalue weighted by Crippen LogP contribution is -2.26. The number of aromatic nitrogens is 2. The van der Waals surface area contributed by atoms with Crippen LogP contribution in [0.3, 0.4) is 0 Å². The number of nitrogens with zero attached hydrogens (tertiary/aromatic N) is 3. The Hall–Kier alpha value is -3.97. The monoisotopic (exact) mass is 481 g/mol. The van der Waals surface area contributed by atoms with Crippen LogP contribution in [0.1, 0.15) is 30.0 Å². The molecule has 0 bridgehead atoms. The van der Waals surface area contributed by atoms with Crippen LogP contribution >= 0.6 is 11.8 Å². The molecule has 1 aromatic carbocycles. The highest BCUT2D eigenvalue weighted by Crippen LogP contribution is 2.28. The van der Waals surface area contributed by atoms with E-state index in [4.69, 9.17) is 4.99 Å². The quantitative estimate of drug-likeness (QED) is 0.343. The smallest absolute Gasteiger partial charge is 0.251 e. The molecule has 6 nitrogen and oxygen atoms in total. The van der Waals surface area contributed by atoms with Crippen LogP contribution in [-0.4, -0.2) is 21.7 Å². The van der Waals surface area contributed by atoms with Gasteiger partial charge < -0.3 is 10.6 Å². The minimum atomic E-state index is -0.151. The van der Waals surface area contributed by atoms with Crippen LogP contribution in [-0.2, 0) is 17.9 Å². The van der Waals surface area contributed by atoms with Crippen molar-refractivity contribution < 1.29 is 4.79 Å². The number of carbonyl (C=O) groups excluding carboxylic acids is 1. The Kier molecular flexibility index (Phi) is 8.62. The molecule has 1 aliphatic heterocycles. The molecule has 176 valence electrons. The second kappa shape index (κ2) is 12.5. The Morgan fingerprint density at radius 3 is 2.57 bits per heavy atom. The van der Waals surface area contributed by atoms with Crippen molar-refractivity contribution in [3.63, 3.8) is 0 Å². The van der Waals surface area contributed by atoms with E-state index < -0.39 is 0 Å². The predicted molar refractivity (Wildman–Crippen MR) is 142 cm³/mol. The molecule has 7 heteroatoms. The standard InChI is InChI=1S/C28H27N5OS/c1-2-3-10-23(28(34)32-19-22-9-7-14-30-17-22)15-24-20-35-26-12-5-4-11-25(26)27(33-24)31-18-21-8-6-13-29-16-21/h3-17,20H,2,18-19H2,1H3,(H,31,33)(H,32,34)/b10-3-,23-15+. The molecule has 2 N–H and O–H groups in total. The zero-order valence-electron chi connectivity index (χ0n) is 19.5. The molecule has 0 fully saturated rings. The van der Waals surface area contributed by atoms with Gasteiger partial charge in [-0.05, 0) is 47.2 Å². The zero-order chi connectivity index (χ0) is 24.3. The summed E-state index contributed by atoms with van der Waals surface area (Å²) in [5.74, 6) is 0.605. The van der Waals surface area contributed by atoms with Crippen LogP contribution in [0.4, 0.5) is 0 Å². The molecule has 0 saturated carbocycles. The third-order valence-electron chi connectivity index (χ3n) is 5.14. The first-order chi connectivity index (χ1) is 17.2. The van der Waals surface area contributed by atoms with Gasteiger partial charge >= 0.3 is 0 Å². The van der Waals surface area contributed by atoms with Crippen molar-refractivity contribution in [1.82, 2.24) is 20.6 Å². The first-order valence-electron chi connectivity index (χ1n) is 11.4. The SMILES string of the molecule is CC/C=C\C(=C/C1=CSc2ccccc2C(=NCc2cccnc2)N1)C(=O)NCc1cccnc1. The van der Waals surface area contributed by atoms with E-state index in [1.165, 1.54) is 0 Å². The fraction of sp³-hybridized carbons (Fsp3) is 0.143. The molecule has 2 aromatic heterocycles. The Labute approximate surface area is 210 Å². The molecule has 3 heterocycles. The number of amides is 1. The molecule has 0 saturated heterocycles. The van der Waals surface area contributed by atoms with Gasteiger partial charge in [-0.25, -0.2) is 0 Å². The van der Waals surface area contributed by atoms with E-state index in [0.717, 1.165) is 39.5 Å². The van der Waals surface area contributed by atoms with Crippen LogP contribution in [0.5, 0.6) is 0 Å². The van der Waals surface area contributed by atoms with E-state index in [0.29, 0.717) is 18.7 Å². The van der Waals surface area contributed by atoms with Crippen molar-refractivity contribution in [2.45, 2.75) is 31.3 Å². The average molecular weight is 482 g/mol. The van der Waals surface area contributed by atoms with Gasteiger partial charge in [-0.3, -0.25) is 19.8 Å². The number of thioether (sulfide) groups is 1. The lowest BCUT2D eigenvalue weighted by molar-refractivity contribution is -0.117. The normalized spacial score (nSPS) is 14.7. The Morgan fingerprint density at radius 2 is 1.83 bits per heavy atom. The highest BCUT2D eigenvalue weighted by Gasteiger charge is 2.16. The number of allylic oxidation sites excluding steroid dienone is 2. The molecule has 0 unspecified atom stereocenters. The van der Waals surface area contributed by atoms with Crippen LogP contribution < -0.4 is 10.6 Å². The second-order valence-electron chi connectivity index (χ2n) is 7.79. The summed E-state index contributed by atoms with van der Waals surface area (Å²) >= 11 is 1.60. The summed E-state index contributed by atoms with van der Waals surface area (Å²) in [5, 5.41) is 8.45. The maximum Gasteiger partial charge on any atom is 0.251 e. The summed E-state index contributed by atoms with van der Waals surface area (Å²) in [6.07, 6.45) is 13.6. The number of pyridine rings is 2. The Morgan fingerprint density at radius 1 is 1.06 bits per heavy atom. The topological polar surface area (TPSA) is 79.3 Å². The summed E-state index contributed by atoms with van der Waals surface area (Å²) < 4.78 is 0. The Bertz CT molecular complexity index is 1270. The molecule has 0 atom stereocenters. The van der Waals surface area contributed by atoms with Gasteiger partial charge in [0.2, 0.25) is 0 Å². The fourth-order valence-corrected chi connectivity index (χ4v) is 4.20. The van der Waals surface area contributed by atoms with Gasteiger partial charge in [-0.15, -0.1) is 0 Å². The van der Waals surface area contributed by atoms with E-state index >= 15 is 0 Å². The lowest BCUT2D eigenvalue weighted by Gasteiger charge is -2.12. The molecule has 0 aliphatic carbocycles. The van der Waals surface area contributed by atoms with Crippen molar-refractivity contribution in [3.05, 3.63) is 125 Å². The summed E-state index contributed by atoms with van der Waals surface area (Å²) in [6, 6.07) is 15.8. The zero-order valence-corrected chi connectivity index (χ0v) is 20.3. The largest absolute Gasteiger partial charge is 0.348 e. The molecular weight excluding hydrogens is 454 g/mol. The minimum Gasteiger partial charge on any atom is -0.348 e. The van der Waals surface area contributed by atoms with Gasteiger partial charge in [0.15, 0.2) is 0 Å². The first kappa shape index (κ1) is 24.2. The number of rotatable bonds is 8. The third kappa shape index (κ3) is 7.01. The van der Waals surface area contributed by atoms with E-state index in [-0.39, 0.29) is 5.91 Å². The summed E-state index contributed by atoms with van der Waals surface area (Å²) in [4.78, 5) is 27.3. The molecule has 35 heavy (non-hydrogen) atoms. The summed E-state index contributed by atoms with van der Waals surface area (Å²) in [5.41, 5.74) is 4.35. The first-order valence-corrected chi connectivity index (χ1v) is 12.3. The average Bonchev–Trinajstić information content (AvgIpc) is 3.09. The number of hydrogen-bond acceptors (Lipinski definition) is 5. The van der Waals surface area contributed by atoms with Crippen LogP contribution in [0.2, 0.25) is 0 Å². The van der Waals surface area contributed by atoms with Gasteiger partial charge in [-0.1, -0.05) is 61.2 Å². The van der Waals surface area contributed by atoms with Crippen molar-refractivity contribution in [1.29, 1.82) is 0 Å². The highest BCUT2D eigenvalue weighted by molar-refractivity contribution is 8.02. The van der Waals surface area contributed by atoms with Crippen LogP contribution in [0.15, 0.2) is 118 Å². The van der Waals surface area contributed by atoms with Crippen LogP contribution in [0, 0.1) is 0 Å². The molecular formula is C28H27N5OS. The minimum absolute atomic E-state index is 0.151. The molecule has 0 spiro atoms. The number of nitrogens with one attached hydrogen (secondary N) is 2.